The standard InChI is InChI=1S/C22H17ClN4O2S4/c1-13-6-8-14(9-7-13)10-17-19(29)27(22(30)32-17)11-18(28)24-20-25-26-21(33-20)31-12-15-4-2-3-5-16(15)23/h2-10H,11-12H2,1H3,(H,24,25,28)/b17-10-. The first-order chi connectivity index (χ1) is 15.9. The van der Waals surface area contributed by atoms with Crippen LogP contribution in [0.15, 0.2) is 57.8 Å². The summed E-state index contributed by atoms with van der Waals surface area (Å²) in [6.07, 6.45) is 1.78. The van der Waals surface area contributed by atoms with Gasteiger partial charge in [0.25, 0.3) is 5.91 Å². The van der Waals surface area contributed by atoms with E-state index in [2.05, 4.69) is 15.5 Å². The Hall–Kier alpha value is -2.24. The minimum atomic E-state index is -0.387. The molecule has 1 aromatic heterocycles. The molecule has 33 heavy (non-hydrogen) atoms. The molecule has 1 aliphatic heterocycles. The van der Waals surface area contributed by atoms with Gasteiger partial charge in [0.2, 0.25) is 11.0 Å². The number of amides is 2. The van der Waals surface area contributed by atoms with Crippen LogP contribution >= 0.6 is 58.7 Å². The summed E-state index contributed by atoms with van der Waals surface area (Å²) in [5.74, 6) is -0.0257. The topological polar surface area (TPSA) is 75.2 Å². The van der Waals surface area contributed by atoms with E-state index in [0.29, 0.717) is 29.5 Å². The quantitative estimate of drug-likeness (QED) is 0.183. The Bertz CT molecular complexity index is 1240. The number of carbonyl (C=O) groups is 2. The highest BCUT2D eigenvalue weighted by Crippen LogP contribution is 2.33. The van der Waals surface area contributed by atoms with Crippen LogP contribution < -0.4 is 5.32 Å². The summed E-state index contributed by atoms with van der Waals surface area (Å²) in [6.45, 7) is 1.82. The molecular weight excluding hydrogens is 516 g/mol. The summed E-state index contributed by atoms with van der Waals surface area (Å²) in [7, 11) is 0. The summed E-state index contributed by atoms with van der Waals surface area (Å²) in [6, 6.07) is 15.4. The zero-order valence-electron chi connectivity index (χ0n) is 17.3. The van der Waals surface area contributed by atoms with E-state index in [1.165, 1.54) is 39.8 Å². The highest BCUT2D eigenvalue weighted by atomic mass is 35.5. The van der Waals surface area contributed by atoms with Gasteiger partial charge in [-0.05, 0) is 30.2 Å². The minimum Gasteiger partial charge on any atom is -0.299 e. The molecule has 2 aromatic carbocycles. The van der Waals surface area contributed by atoms with E-state index < -0.39 is 0 Å². The second-order valence-corrected chi connectivity index (χ2v) is 11.3. The highest BCUT2D eigenvalue weighted by Gasteiger charge is 2.33. The smallest absolute Gasteiger partial charge is 0.266 e. The molecular formula is C22H17ClN4O2S4. The summed E-state index contributed by atoms with van der Waals surface area (Å²) in [5, 5.41) is 11.9. The molecule has 0 aliphatic carbocycles. The Balaban J connectivity index is 1.33. The maximum absolute atomic E-state index is 12.8. The van der Waals surface area contributed by atoms with E-state index in [-0.39, 0.29) is 18.4 Å². The highest BCUT2D eigenvalue weighted by molar-refractivity contribution is 8.26. The van der Waals surface area contributed by atoms with Crippen molar-refractivity contribution in [1.82, 2.24) is 15.1 Å². The van der Waals surface area contributed by atoms with Crippen molar-refractivity contribution < 1.29 is 9.59 Å². The van der Waals surface area contributed by atoms with E-state index >= 15 is 0 Å². The lowest BCUT2D eigenvalue weighted by molar-refractivity contribution is -0.126. The van der Waals surface area contributed by atoms with Crippen molar-refractivity contribution >= 4 is 86.0 Å². The Labute approximate surface area is 213 Å². The number of nitrogens with one attached hydrogen (secondary N) is 1. The summed E-state index contributed by atoms with van der Waals surface area (Å²) < 4.78 is 1.05. The number of hydrogen-bond donors (Lipinski definition) is 1. The molecule has 4 rings (SSSR count). The van der Waals surface area contributed by atoms with Crippen LogP contribution in [0.4, 0.5) is 5.13 Å². The first kappa shape index (κ1) is 23.9. The second-order valence-electron chi connectivity index (χ2n) is 6.98. The number of benzene rings is 2. The zero-order chi connectivity index (χ0) is 23.4. The third-order valence-corrected chi connectivity index (χ3v) is 8.28. The summed E-state index contributed by atoms with van der Waals surface area (Å²) in [4.78, 5) is 27.1. The summed E-state index contributed by atoms with van der Waals surface area (Å²) >= 11 is 15.4. The molecule has 2 amide bonds. The van der Waals surface area contributed by atoms with Crippen LogP contribution in [0.1, 0.15) is 16.7 Å². The largest absolute Gasteiger partial charge is 0.299 e. The van der Waals surface area contributed by atoms with Crippen molar-refractivity contribution in [2.24, 2.45) is 0 Å². The van der Waals surface area contributed by atoms with E-state index in [9.17, 15) is 9.59 Å². The number of nitrogens with zero attached hydrogens (tertiary/aromatic N) is 3. The van der Waals surface area contributed by atoms with Crippen molar-refractivity contribution in [3.63, 3.8) is 0 Å². The van der Waals surface area contributed by atoms with Crippen LogP contribution in [-0.2, 0) is 15.3 Å². The average molecular weight is 533 g/mol. The predicted octanol–water partition coefficient (Wildman–Crippen LogP) is 5.63. The maximum Gasteiger partial charge on any atom is 0.266 e. The average Bonchev–Trinajstić information content (AvgIpc) is 3.34. The number of thioether (sulfide) groups is 2. The van der Waals surface area contributed by atoms with Crippen LogP contribution in [0.2, 0.25) is 5.02 Å². The predicted molar refractivity (Wildman–Crippen MR) is 141 cm³/mol. The van der Waals surface area contributed by atoms with E-state index in [0.717, 1.165) is 16.7 Å². The van der Waals surface area contributed by atoms with E-state index in [1.807, 2.05) is 55.5 Å². The number of carbonyl (C=O) groups excluding carboxylic acids is 2. The van der Waals surface area contributed by atoms with Gasteiger partial charge in [0, 0.05) is 10.8 Å². The van der Waals surface area contributed by atoms with Crippen molar-refractivity contribution in [3.05, 3.63) is 75.1 Å². The third-order valence-electron chi connectivity index (χ3n) is 4.51. The molecule has 1 fully saturated rings. The molecule has 0 bridgehead atoms. The Morgan fingerprint density at radius 3 is 2.73 bits per heavy atom. The number of hydrogen-bond acceptors (Lipinski definition) is 8. The van der Waals surface area contributed by atoms with Crippen LogP contribution in [0.25, 0.3) is 6.08 Å². The Kier molecular flexibility index (Phi) is 7.82. The number of anilines is 1. The summed E-state index contributed by atoms with van der Waals surface area (Å²) in [5.41, 5.74) is 3.04. The molecule has 2 heterocycles. The lowest BCUT2D eigenvalue weighted by Crippen LogP contribution is -2.36. The van der Waals surface area contributed by atoms with Gasteiger partial charge in [0.05, 0.1) is 4.91 Å². The van der Waals surface area contributed by atoms with Crippen molar-refractivity contribution in [3.8, 4) is 0 Å². The van der Waals surface area contributed by atoms with Crippen molar-refractivity contribution in [2.45, 2.75) is 17.0 Å². The first-order valence-electron chi connectivity index (χ1n) is 9.70. The van der Waals surface area contributed by atoms with Gasteiger partial charge in [0.1, 0.15) is 10.9 Å². The van der Waals surface area contributed by atoms with Gasteiger partial charge in [0.15, 0.2) is 4.34 Å². The van der Waals surface area contributed by atoms with Gasteiger partial charge < -0.3 is 0 Å². The molecule has 0 spiro atoms. The van der Waals surface area contributed by atoms with Gasteiger partial charge in [-0.25, -0.2) is 0 Å². The molecule has 0 saturated carbocycles. The van der Waals surface area contributed by atoms with Crippen molar-refractivity contribution in [1.29, 1.82) is 0 Å². The van der Waals surface area contributed by atoms with Crippen LogP contribution in [0.5, 0.6) is 0 Å². The van der Waals surface area contributed by atoms with Gasteiger partial charge in [-0.1, -0.05) is 107 Å². The SMILES string of the molecule is Cc1ccc(/C=C2\SC(=S)N(CC(=O)Nc3nnc(SCc4ccccc4Cl)s3)C2=O)cc1. The lowest BCUT2D eigenvalue weighted by atomic mass is 10.1. The van der Waals surface area contributed by atoms with Gasteiger partial charge in [-0.15, -0.1) is 10.2 Å². The normalized spacial score (nSPS) is 14.8. The molecule has 168 valence electrons. The minimum absolute atomic E-state index is 0.183. The Morgan fingerprint density at radius 2 is 1.97 bits per heavy atom. The molecule has 0 atom stereocenters. The fraction of sp³-hybridized carbons (Fsp3) is 0.136. The second kappa shape index (κ2) is 10.8. The number of aromatic nitrogens is 2. The fourth-order valence-corrected chi connectivity index (χ4v) is 6.14. The molecule has 6 nitrogen and oxygen atoms in total. The third kappa shape index (κ3) is 6.21. The molecule has 1 N–H and O–H groups in total. The molecule has 0 unspecified atom stereocenters. The number of halogens is 1. The first-order valence-corrected chi connectivity index (χ1v) is 13.1. The number of aryl methyl sites for hydroxylation is 1. The molecule has 0 radical (unpaired) electrons. The monoisotopic (exact) mass is 532 g/mol. The lowest BCUT2D eigenvalue weighted by Gasteiger charge is -2.13. The van der Waals surface area contributed by atoms with Gasteiger partial charge in [-0.2, -0.15) is 0 Å². The Morgan fingerprint density at radius 1 is 1.21 bits per heavy atom. The number of thiocarbonyl (C=S) groups is 1. The number of rotatable bonds is 7. The molecule has 11 heteroatoms. The van der Waals surface area contributed by atoms with Crippen molar-refractivity contribution in [2.75, 3.05) is 11.9 Å². The van der Waals surface area contributed by atoms with E-state index in [4.69, 9.17) is 23.8 Å². The van der Waals surface area contributed by atoms with E-state index in [1.54, 1.807) is 6.08 Å². The maximum atomic E-state index is 12.8. The van der Waals surface area contributed by atoms with Gasteiger partial charge in [-0.3, -0.25) is 19.8 Å². The fourth-order valence-electron chi connectivity index (χ4n) is 2.83. The molecule has 1 aliphatic rings. The van der Waals surface area contributed by atoms with Crippen LogP contribution in [0, 0.1) is 6.92 Å². The van der Waals surface area contributed by atoms with Crippen LogP contribution in [0.3, 0.4) is 0 Å². The zero-order valence-corrected chi connectivity index (χ0v) is 21.3. The van der Waals surface area contributed by atoms with Gasteiger partial charge >= 0.3 is 0 Å². The molecule has 3 aromatic rings. The molecule has 1 saturated heterocycles. The van der Waals surface area contributed by atoms with Crippen LogP contribution in [-0.4, -0.2) is 37.8 Å².